The number of carbonyl (C=O) groups excluding carboxylic acids is 1. The normalized spacial score (nSPS) is 14.1. The maximum Gasteiger partial charge on any atom is 0.232 e. The van der Waals surface area contributed by atoms with E-state index < -0.39 is 10.0 Å². The molecule has 7 nitrogen and oxygen atoms in total. The third kappa shape index (κ3) is 3.87. The number of hydrogen-bond acceptors (Lipinski definition) is 4. The molecule has 2 N–H and O–H groups in total. The third-order valence-electron chi connectivity index (χ3n) is 4.87. The molecule has 0 aliphatic carbocycles. The van der Waals surface area contributed by atoms with Crippen molar-refractivity contribution in [2.24, 2.45) is 0 Å². The van der Waals surface area contributed by atoms with E-state index in [2.05, 4.69) is 15.3 Å². The molecule has 0 radical (unpaired) electrons. The number of benzene rings is 2. The summed E-state index contributed by atoms with van der Waals surface area (Å²) in [6.45, 7) is 0.468. The predicted molar refractivity (Wildman–Crippen MR) is 110 cm³/mol. The predicted octanol–water partition coefficient (Wildman–Crippen LogP) is 2.85. The summed E-state index contributed by atoms with van der Waals surface area (Å²) in [5, 5.41) is 2.87. The number of carbonyl (C=O) groups is 1. The lowest BCUT2D eigenvalue weighted by atomic mass is 10.0. The maximum absolute atomic E-state index is 12.4. The Balaban J connectivity index is 1.44. The third-order valence-corrected chi connectivity index (χ3v) is 6.05. The van der Waals surface area contributed by atoms with Crippen LogP contribution in [-0.4, -0.2) is 37.1 Å². The van der Waals surface area contributed by atoms with Crippen LogP contribution in [0.5, 0.6) is 0 Å². The zero-order valence-corrected chi connectivity index (χ0v) is 16.4. The zero-order chi connectivity index (χ0) is 19.7. The van der Waals surface area contributed by atoms with E-state index in [9.17, 15) is 13.2 Å². The molecule has 1 aliphatic heterocycles. The van der Waals surface area contributed by atoms with Gasteiger partial charge in [0.2, 0.25) is 15.9 Å². The highest BCUT2D eigenvalue weighted by molar-refractivity contribution is 7.92. The molecule has 2 aromatic carbocycles. The fourth-order valence-corrected chi connectivity index (χ4v) is 4.53. The number of amides is 1. The summed E-state index contributed by atoms with van der Waals surface area (Å²) in [6, 6.07) is 13.2. The second kappa shape index (κ2) is 7.27. The number of hydrogen-bond donors (Lipinski definition) is 2. The number of para-hydroxylation sites is 2. The number of aromatic amines is 1. The molecule has 0 bridgehead atoms. The van der Waals surface area contributed by atoms with Crippen LogP contribution in [0.3, 0.4) is 0 Å². The number of nitrogens with zero attached hydrogens (tertiary/aromatic N) is 2. The maximum atomic E-state index is 12.4. The summed E-state index contributed by atoms with van der Waals surface area (Å²) in [5.74, 6) is 0.632. The van der Waals surface area contributed by atoms with Gasteiger partial charge in [-0.3, -0.25) is 9.10 Å². The average molecular weight is 398 g/mol. The molecular formula is C20H22N4O3S. The Morgan fingerprint density at radius 1 is 1.25 bits per heavy atom. The first kappa shape index (κ1) is 18.5. The topological polar surface area (TPSA) is 95.2 Å². The van der Waals surface area contributed by atoms with Gasteiger partial charge in [-0.25, -0.2) is 13.4 Å². The lowest BCUT2D eigenvalue weighted by molar-refractivity contribution is -0.116. The summed E-state index contributed by atoms with van der Waals surface area (Å²) in [5.41, 5.74) is 4.08. The highest BCUT2D eigenvalue weighted by atomic mass is 32.2. The van der Waals surface area contributed by atoms with E-state index in [0.717, 1.165) is 35.3 Å². The molecular weight excluding hydrogens is 376 g/mol. The molecule has 3 aromatic rings. The highest BCUT2D eigenvalue weighted by Gasteiger charge is 2.24. The van der Waals surface area contributed by atoms with E-state index in [4.69, 9.17) is 0 Å². The largest absolute Gasteiger partial charge is 0.342 e. The Morgan fingerprint density at radius 3 is 2.86 bits per heavy atom. The van der Waals surface area contributed by atoms with E-state index in [-0.39, 0.29) is 12.3 Å². The molecule has 0 saturated carbocycles. The molecule has 4 rings (SSSR count). The number of imidazole rings is 1. The van der Waals surface area contributed by atoms with Gasteiger partial charge in [0.25, 0.3) is 0 Å². The number of H-pyrrole nitrogens is 1. The van der Waals surface area contributed by atoms with Crippen LogP contribution < -0.4 is 9.62 Å². The van der Waals surface area contributed by atoms with E-state index in [1.165, 1.54) is 10.6 Å². The fourth-order valence-electron chi connectivity index (χ4n) is 3.54. The number of sulfonamides is 1. The molecule has 1 aromatic heterocycles. The first-order valence-electron chi connectivity index (χ1n) is 9.24. The quantitative estimate of drug-likeness (QED) is 0.691. The monoisotopic (exact) mass is 398 g/mol. The van der Waals surface area contributed by atoms with Gasteiger partial charge < -0.3 is 10.3 Å². The Bertz CT molecular complexity index is 1100. The van der Waals surface area contributed by atoms with Crippen molar-refractivity contribution < 1.29 is 13.2 Å². The second-order valence-corrected chi connectivity index (χ2v) is 8.94. The van der Waals surface area contributed by atoms with Crippen molar-refractivity contribution in [2.45, 2.75) is 25.7 Å². The van der Waals surface area contributed by atoms with Gasteiger partial charge in [0.05, 0.1) is 23.0 Å². The summed E-state index contributed by atoms with van der Waals surface area (Å²) < 4.78 is 25.5. The summed E-state index contributed by atoms with van der Waals surface area (Å²) in [7, 11) is -3.34. The van der Waals surface area contributed by atoms with Crippen LogP contribution in [0, 0.1) is 0 Å². The molecule has 0 fully saturated rings. The number of nitrogens with one attached hydrogen (secondary N) is 2. The van der Waals surface area contributed by atoms with Crippen LogP contribution in [0.1, 0.15) is 24.2 Å². The van der Waals surface area contributed by atoms with Gasteiger partial charge in [-0.15, -0.1) is 0 Å². The summed E-state index contributed by atoms with van der Waals surface area (Å²) >= 11 is 0. The standard InChI is InChI=1S/C20H22N4O3S/c1-28(26,27)24-12-4-5-14-8-9-15(13-18(14)24)21-20(25)11-10-19-22-16-6-2-3-7-17(16)23-19/h2-3,6-9,13H,4-5,10-12H2,1H3,(H,21,25)(H,22,23). The van der Waals surface area contributed by atoms with Crippen molar-refractivity contribution >= 4 is 38.3 Å². The first-order chi connectivity index (χ1) is 13.4. The molecule has 0 atom stereocenters. The van der Waals surface area contributed by atoms with Gasteiger partial charge in [-0.1, -0.05) is 18.2 Å². The molecule has 8 heteroatoms. The average Bonchev–Trinajstić information content (AvgIpc) is 3.08. The minimum atomic E-state index is -3.34. The van der Waals surface area contributed by atoms with Crippen LogP contribution in [0.15, 0.2) is 42.5 Å². The van der Waals surface area contributed by atoms with E-state index >= 15 is 0 Å². The molecule has 0 spiro atoms. The van der Waals surface area contributed by atoms with Crippen LogP contribution >= 0.6 is 0 Å². The summed E-state index contributed by atoms with van der Waals surface area (Å²) in [4.78, 5) is 20.1. The Kier molecular flexibility index (Phi) is 4.80. The lowest BCUT2D eigenvalue weighted by Gasteiger charge is -2.29. The second-order valence-electron chi connectivity index (χ2n) is 7.03. The fraction of sp³-hybridized carbons (Fsp3) is 0.300. The number of aromatic nitrogens is 2. The number of rotatable bonds is 5. The minimum Gasteiger partial charge on any atom is -0.342 e. The van der Waals surface area contributed by atoms with Crippen molar-refractivity contribution in [3.05, 3.63) is 53.9 Å². The van der Waals surface area contributed by atoms with Crippen molar-refractivity contribution in [3.8, 4) is 0 Å². The van der Waals surface area contributed by atoms with E-state index in [1.54, 1.807) is 6.07 Å². The van der Waals surface area contributed by atoms with Gasteiger partial charge in [-0.05, 0) is 42.7 Å². The number of anilines is 2. The zero-order valence-electron chi connectivity index (χ0n) is 15.6. The first-order valence-corrected chi connectivity index (χ1v) is 11.1. The Hall–Kier alpha value is -2.87. The molecule has 2 heterocycles. The minimum absolute atomic E-state index is 0.137. The van der Waals surface area contributed by atoms with Crippen LogP contribution in [0.2, 0.25) is 0 Å². The van der Waals surface area contributed by atoms with Gasteiger partial charge in [0.1, 0.15) is 5.82 Å². The van der Waals surface area contributed by atoms with Crippen LogP contribution in [-0.2, 0) is 27.7 Å². The van der Waals surface area contributed by atoms with Crippen molar-refractivity contribution in [2.75, 3.05) is 22.4 Å². The van der Waals surface area contributed by atoms with Crippen molar-refractivity contribution in [1.29, 1.82) is 0 Å². The van der Waals surface area contributed by atoms with Gasteiger partial charge >= 0.3 is 0 Å². The van der Waals surface area contributed by atoms with Gasteiger partial charge in [-0.2, -0.15) is 0 Å². The molecule has 28 heavy (non-hydrogen) atoms. The van der Waals surface area contributed by atoms with E-state index in [1.807, 2.05) is 36.4 Å². The Morgan fingerprint density at radius 2 is 2.07 bits per heavy atom. The number of aryl methyl sites for hydroxylation is 2. The number of fused-ring (bicyclic) bond motifs is 2. The Labute approximate surface area is 163 Å². The van der Waals surface area contributed by atoms with Gasteiger partial charge in [0.15, 0.2) is 0 Å². The SMILES string of the molecule is CS(=O)(=O)N1CCCc2ccc(NC(=O)CCc3nc4ccccc4[nH]3)cc21. The molecule has 146 valence electrons. The van der Waals surface area contributed by atoms with Gasteiger partial charge in [0, 0.05) is 25.1 Å². The molecule has 1 amide bonds. The van der Waals surface area contributed by atoms with Crippen LogP contribution in [0.4, 0.5) is 11.4 Å². The van der Waals surface area contributed by atoms with E-state index in [0.29, 0.717) is 24.3 Å². The van der Waals surface area contributed by atoms with Crippen molar-refractivity contribution in [3.63, 3.8) is 0 Å². The molecule has 1 aliphatic rings. The smallest absolute Gasteiger partial charge is 0.232 e. The molecule has 0 saturated heterocycles. The van der Waals surface area contributed by atoms with Crippen molar-refractivity contribution in [1.82, 2.24) is 9.97 Å². The lowest BCUT2D eigenvalue weighted by Crippen LogP contribution is -2.34. The molecule has 0 unspecified atom stereocenters. The summed E-state index contributed by atoms with van der Waals surface area (Å²) in [6.07, 6.45) is 3.62. The highest BCUT2D eigenvalue weighted by Crippen LogP contribution is 2.31. The van der Waals surface area contributed by atoms with Crippen LogP contribution in [0.25, 0.3) is 11.0 Å².